The molecule has 1 fully saturated rings. The Morgan fingerprint density at radius 2 is 1.85 bits per heavy atom. The summed E-state index contributed by atoms with van der Waals surface area (Å²) in [6.07, 6.45) is 4.38. The molecule has 0 saturated carbocycles. The molecule has 40 heavy (non-hydrogen) atoms. The average Bonchev–Trinajstić information content (AvgIpc) is 3.18. The molecule has 9 nitrogen and oxygen atoms in total. The quantitative estimate of drug-likeness (QED) is 0.343. The van der Waals surface area contributed by atoms with Crippen LogP contribution >= 0.6 is 0 Å². The molecule has 0 spiro atoms. The van der Waals surface area contributed by atoms with E-state index >= 15 is 0 Å². The monoisotopic (exact) mass is 550 g/mol. The van der Waals surface area contributed by atoms with Crippen LogP contribution in [0.5, 0.6) is 5.75 Å². The highest BCUT2D eigenvalue weighted by molar-refractivity contribution is 5.84. The van der Waals surface area contributed by atoms with Crippen molar-refractivity contribution in [3.63, 3.8) is 0 Å². The lowest BCUT2D eigenvalue weighted by molar-refractivity contribution is -0.129. The molecule has 0 N–H and O–H groups in total. The third kappa shape index (κ3) is 5.28. The van der Waals surface area contributed by atoms with E-state index in [2.05, 4.69) is 21.8 Å². The molecule has 11 heteroatoms. The first-order valence-electron chi connectivity index (χ1n) is 13.2. The molecule has 1 aliphatic rings. The molecule has 4 aromatic rings. The van der Waals surface area contributed by atoms with E-state index in [0.717, 1.165) is 23.1 Å². The number of aryl methyl sites for hydroxylation is 1. The predicted molar refractivity (Wildman–Crippen MR) is 149 cm³/mol. The number of hydrogen-bond donors (Lipinski definition) is 0. The van der Waals surface area contributed by atoms with Crippen LogP contribution in [0.15, 0.2) is 53.6 Å². The van der Waals surface area contributed by atoms with Crippen LogP contribution in [0.25, 0.3) is 22.0 Å². The smallest absolute Gasteiger partial charge is 0.387 e. The Morgan fingerprint density at radius 3 is 2.52 bits per heavy atom. The molecular formula is C29H32F2N6O3. The fourth-order valence-electron chi connectivity index (χ4n) is 5.32. The Labute approximate surface area is 230 Å². The number of hydrogen-bond acceptors (Lipinski definition) is 6. The van der Waals surface area contributed by atoms with E-state index < -0.39 is 6.61 Å². The molecule has 0 bridgehead atoms. The van der Waals surface area contributed by atoms with Crippen molar-refractivity contribution in [3.05, 3.63) is 70.3 Å². The molecule has 210 valence electrons. The van der Waals surface area contributed by atoms with E-state index in [1.54, 1.807) is 49.2 Å². The number of anilines is 1. The van der Waals surface area contributed by atoms with Crippen molar-refractivity contribution in [3.8, 4) is 16.9 Å². The second kappa shape index (κ2) is 11.1. The Hall–Kier alpha value is -4.28. The molecule has 2 aromatic heterocycles. The van der Waals surface area contributed by atoms with Crippen LogP contribution in [0.1, 0.15) is 31.4 Å². The van der Waals surface area contributed by atoms with Crippen molar-refractivity contribution >= 4 is 22.8 Å². The van der Waals surface area contributed by atoms with Gasteiger partial charge in [-0.15, -0.1) is 0 Å². The Kier molecular flexibility index (Phi) is 7.55. The van der Waals surface area contributed by atoms with Crippen molar-refractivity contribution in [2.45, 2.75) is 46.4 Å². The molecule has 5 rings (SSSR count). The Bertz CT molecular complexity index is 1600. The van der Waals surface area contributed by atoms with Gasteiger partial charge in [0, 0.05) is 63.2 Å². The molecule has 1 atom stereocenters. The fraction of sp³-hybridized carbons (Fsp3) is 0.379. The number of benzene rings is 2. The van der Waals surface area contributed by atoms with Gasteiger partial charge in [0.2, 0.25) is 11.9 Å². The zero-order chi connectivity index (χ0) is 28.6. The third-order valence-electron chi connectivity index (χ3n) is 7.54. The zero-order valence-corrected chi connectivity index (χ0v) is 23.0. The minimum absolute atomic E-state index is 0.0734. The van der Waals surface area contributed by atoms with Gasteiger partial charge in [-0.05, 0) is 37.1 Å². The van der Waals surface area contributed by atoms with E-state index in [1.165, 1.54) is 10.7 Å². The third-order valence-corrected chi connectivity index (χ3v) is 7.54. The lowest BCUT2D eigenvalue weighted by Crippen LogP contribution is -2.54. The van der Waals surface area contributed by atoms with Crippen LogP contribution < -0.4 is 15.2 Å². The van der Waals surface area contributed by atoms with E-state index in [9.17, 15) is 18.4 Å². The van der Waals surface area contributed by atoms with Gasteiger partial charge in [-0.2, -0.15) is 8.78 Å². The molecule has 1 aliphatic heterocycles. The molecular weight excluding hydrogens is 518 g/mol. The second-order valence-electron chi connectivity index (χ2n) is 10.1. The molecule has 1 saturated heterocycles. The van der Waals surface area contributed by atoms with Crippen LogP contribution in [0.2, 0.25) is 0 Å². The Morgan fingerprint density at radius 1 is 1.10 bits per heavy atom. The molecule has 0 aliphatic carbocycles. The number of aromatic nitrogens is 4. The lowest BCUT2D eigenvalue weighted by atomic mass is 10.1. The van der Waals surface area contributed by atoms with Gasteiger partial charge in [0.05, 0.1) is 17.4 Å². The van der Waals surface area contributed by atoms with Crippen molar-refractivity contribution in [2.75, 3.05) is 24.5 Å². The number of carbonyl (C=O) groups is 1. The maximum Gasteiger partial charge on any atom is 0.387 e. The summed E-state index contributed by atoms with van der Waals surface area (Å²) >= 11 is 0. The number of fused-ring (bicyclic) bond motifs is 1. The van der Waals surface area contributed by atoms with Crippen molar-refractivity contribution < 1.29 is 18.3 Å². The highest BCUT2D eigenvalue weighted by Crippen LogP contribution is 2.28. The summed E-state index contributed by atoms with van der Waals surface area (Å²) in [5, 5.41) is 0.516. The van der Waals surface area contributed by atoms with Gasteiger partial charge < -0.3 is 14.5 Å². The number of rotatable bonds is 7. The summed E-state index contributed by atoms with van der Waals surface area (Å²) < 4.78 is 34.1. The summed E-state index contributed by atoms with van der Waals surface area (Å²) in [6.45, 7) is 4.70. The van der Waals surface area contributed by atoms with Gasteiger partial charge in [-0.3, -0.25) is 19.0 Å². The van der Waals surface area contributed by atoms with Crippen LogP contribution in [0.3, 0.4) is 0 Å². The maximum absolute atomic E-state index is 13.0. The standard InChI is InChI=1S/C29H32F2N6O3/c1-5-23-17-35(19(3)38)10-11-36(23)29-32-14-22(15-33-29)20-7-8-24-25(13-20)37(34(4)27(24)39)16-21-12-18(2)6-9-26(21)40-28(30)31/h6-9,12-15,23,28H,5,10-11,16-17H2,1-4H3. The van der Waals surface area contributed by atoms with Gasteiger partial charge in [0.15, 0.2) is 0 Å². The maximum atomic E-state index is 13.0. The number of carbonyl (C=O) groups excluding carboxylic acids is 1. The highest BCUT2D eigenvalue weighted by Gasteiger charge is 2.28. The largest absolute Gasteiger partial charge is 0.434 e. The normalized spacial score (nSPS) is 15.7. The van der Waals surface area contributed by atoms with Crippen molar-refractivity contribution in [1.29, 1.82) is 0 Å². The van der Waals surface area contributed by atoms with Gasteiger partial charge in [0.1, 0.15) is 5.75 Å². The van der Waals surface area contributed by atoms with E-state index in [4.69, 9.17) is 4.74 Å². The Balaban J connectivity index is 1.46. The summed E-state index contributed by atoms with van der Waals surface area (Å²) in [5.74, 6) is 0.761. The van der Waals surface area contributed by atoms with Crippen LogP contribution in [0.4, 0.5) is 14.7 Å². The lowest BCUT2D eigenvalue weighted by Gasteiger charge is -2.40. The number of amides is 1. The van der Waals surface area contributed by atoms with Crippen molar-refractivity contribution in [1.82, 2.24) is 24.2 Å². The SMILES string of the molecule is CCC1CN(C(C)=O)CCN1c1ncc(-c2ccc3c(=O)n(C)n(Cc4cc(C)ccc4OC(F)F)c3c2)cn1. The van der Waals surface area contributed by atoms with E-state index in [0.29, 0.717) is 42.0 Å². The van der Waals surface area contributed by atoms with Crippen LogP contribution in [-0.4, -0.2) is 62.4 Å². The summed E-state index contributed by atoms with van der Waals surface area (Å²) in [4.78, 5) is 38.1. The molecule has 0 radical (unpaired) electrons. The van der Waals surface area contributed by atoms with Crippen molar-refractivity contribution in [2.24, 2.45) is 7.05 Å². The van der Waals surface area contributed by atoms with Gasteiger partial charge in [-0.1, -0.05) is 30.7 Å². The minimum atomic E-state index is -2.95. The summed E-state index contributed by atoms with van der Waals surface area (Å²) in [6, 6.07) is 10.7. The van der Waals surface area contributed by atoms with Crippen LogP contribution in [0, 0.1) is 6.92 Å². The fourth-order valence-corrected chi connectivity index (χ4v) is 5.32. The van der Waals surface area contributed by atoms with Crippen LogP contribution in [-0.2, 0) is 18.4 Å². The van der Waals surface area contributed by atoms with E-state index in [-0.39, 0.29) is 29.8 Å². The molecule has 1 unspecified atom stereocenters. The van der Waals surface area contributed by atoms with Gasteiger partial charge in [0.25, 0.3) is 5.56 Å². The first kappa shape index (κ1) is 27.3. The zero-order valence-electron chi connectivity index (χ0n) is 23.0. The molecule has 3 heterocycles. The number of alkyl halides is 2. The van der Waals surface area contributed by atoms with Gasteiger partial charge >= 0.3 is 6.61 Å². The number of nitrogens with zero attached hydrogens (tertiary/aromatic N) is 6. The second-order valence-corrected chi connectivity index (χ2v) is 10.1. The highest BCUT2D eigenvalue weighted by atomic mass is 19.3. The number of halogens is 2. The minimum Gasteiger partial charge on any atom is -0.434 e. The number of ether oxygens (including phenoxy) is 1. The van der Waals surface area contributed by atoms with Gasteiger partial charge in [-0.25, -0.2) is 9.97 Å². The molecule has 1 amide bonds. The average molecular weight is 551 g/mol. The number of piperazine rings is 1. The molecule has 2 aromatic carbocycles. The topological polar surface area (TPSA) is 85.5 Å². The summed E-state index contributed by atoms with van der Waals surface area (Å²) in [7, 11) is 1.65. The first-order chi connectivity index (χ1) is 19.2. The summed E-state index contributed by atoms with van der Waals surface area (Å²) in [5.41, 5.74) is 3.50. The first-order valence-corrected chi connectivity index (χ1v) is 13.2. The predicted octanol–water partition coefficient (Wildman–Crippen LogP) is 4.20. The van der Waals surface area contributed by atoms with E-state index in [1.807, 2.05) is 24.0 Å².